The number of aliphatic hydroxyl groups excluding tert-OH is 1. The maximum Gasteiger partial charge on any atom is 0.0626 e. The van der Waals surface area contributed by atoms with E-state index < -0.39 is 0 Å². The van der Waals surface area contributed by atoms with Gasteiger partial charge in [0, 0.05) is 6.04 Å². The van der Waals surface area contributed by atoms with Gasteiger partial charge in [-0.1, -0.05) is 56.9 Å². The van der Waals surface area contributed by atoms with E-state index >= 15 is 0 Å². The molecule has 0 aromatic heterocycles. The van der Waals surface area contributed by atoms with Crippen LogP contribution in [0.15, 0.2) is 24.3 Å². The Morgan fingerprint density at radius 3 is 2.47 bits per heavy atom. The molecule has 1 unspecified atom stereocenters. The summed E-state index contributed by atoms with van der Waals surface area (Å²) in [6.45, 7) is 2.37. The van der Waals surface area contributed by atoms with Crippen LogP contribution in [0.5, 0.6) is 0 Å². The second kappa shape index (κ2) is 7.66. The zero-order valence-electron chi connectivity index (χ0n) is 12.1. The molecule has 1 aromatic carbocycles. The van der Waals surface area contributed by atoms with E-state index in [-0.39, 0.29) is 12.6 Å². The van der Waals surface area contributed by atoms with Crippen LogP contribution in [0, 0.1) is 0 Å². The van der Waals surface area contributed by atoms with Crippen LogP contribution in [0.2, 0.25) is 0 Å². The van der Waals surface area contributed by atoms with E-state index in [1.807, 2.05) is 0 Å². The van der Waals surface area contributed by atoms with Gasteiger partial charge < -0.3 is 10.4 Å². The van der Waals surface area contributed by atoms with Gasteiger partial charge in [0.1, 0.15) is 0 Å². The number of nitrogens with one attached hydrogen (secondary N) is 1. The van der Waals surface area contributed by atoms with Crippen molar-refractivity contribution in [2.45, 2.75) is 64.0 Å². The second-order valence-electron chi connectivity index (χ2n) is 5.64. The van der Waals surface area contributed by atoms with Gasteiger partial charge in [0.15, 0.2) is 0 Å². The Bertz CT molecular complexity index is 369. The Labute approximate surface area is 117 Å². The average Bonchev–Trinajstić information content (AvgIpc) is 2.73. The van der Waals surface area contributed by atoms with E-state index in [9.17, 15) is 5.11 Å². The molecule has 1 aliphatic rings. The Balaban J connectivity index is 2.06. The molecule has 2 rings (SSSR count). The van der Waals surface area contributed by atoms with E-state index in [2.05, 4.69) is 36.5 Å². The number of hydrogen-bond acceptors (Lipinski definition) is 2. The van der Waals surface area contributed by atoms with E-state index in [1.54, 1.807) is 0 Å². The van der Waals surface area contributed by atoms with Crippen molar-refractivity contribution in [3.8, 4) is 0 Å². The van der Waals surface area contributed by atoms with Gasteiger partial charge in [0.25, 0.3) is 0 Å². The van der Waals surface area contributed by atoms with Crippen LogP contribution in [0.1, 0.15) is 62.6 Å². The Morgan fingerprint density at radius 1 is 1.16 bits per heavy atom. The first kappa shape index (κ1) is 14.5. The van der Waals surface area contributed by atoms with Crippen LogP contribution >= 0.6 is 0 Å². The van der Waals surface area contributed by atoms with Gasteiger partial charge >= 0.3 is 0 Å². The Kier molecular flexibility index (Phi) is 5.87. The molecule has 19 heavy (non-hydrogen) atoms. The minimum atomic E-state index is 0.0965. The van der Waals surface area contributed by atoms with Crippen molar-refractivity contribution in [2.75, 3.05) is 6.61 Å². The van der Waals surface area contributed by atoms with Gasteiger partial charge in [-0.2, -0.15) is 0 Å². The lowest BCUT2D eigenvalue weighted by Gasteiger charge is -2.25. The lowest BCUT2D eigenvalue weighted by Crippen LogP contribution is -2.34. The van der Waals surface area contributed by atoms with Crippen LogP contribution in [0.4, 0.5) is 0 Å². The van der Waals surface area contributed by atoms with Crippen molar-refractivity contribution >= 4 is 0 Å². The molecule has 0 aliphatic heterocycles. The molecule has 0 spiro atoms. The molecular formula is C17H27NO. The molecular weight excluding hydrogens is 234 g/mol. The van der Waals surface area contributed by atoms with Crippen LogP contribution < -0.4 is 5.32 Å². The zero-order valence-corrected chi connectivity index (χ0v) is 12.1. The van der Waals surface area contributed by atoms with E-state index in [0.717, 1.165) is 6.42 Å². The molecule has 1 atom stereocenters. The summed E-state index contributed by atoms with van der Waals surface area (Å²) in [5.41, 5.74) is 2.62. The summed E-state index contributed by atoms with van der Waals surface area (Å²) in [6, 6.07) is 9.16. The highest BCUT2D eigenvalue weighted by atomic mass is 16.3. The zero-order chi connectivity index (χ0) is 13.5. The summed E-state index contributed by atoms with van der Waals surface area (Å²) in [5, 5.41) is 13.4. The van der Waals surface area contributed by atoms with E-state index in [0.29, 0.717) is 6.04 Å². The van der Waals surface area contributed by atoms with E-state index in [1.165, 1.54) is 49.7 Å². The molecule has 0 bridgehead atoms. The van der Waals surface area contributed by atoms with Crippen molar-refractivity contribution < 1.29 is 5.11 Å². The maximum absolute atomic E-state index is 9.74. The van der Waals surface area contributed by atoms with Gasteiger partial charge in [-0.25, -0.2) is 0 Å². The molecule has 1 saturated carbocycles. The lowest BCUT2D eigenvalue weighted by molar-refractivity contribution is 0.227. The minimum Gasteiger partial charge on any atom is -0.394 e. The number of aryl methyl sites for hydroxylation is 1. The fraction of sp³-hybridized carbons (Fsp3) is 0.647. The standard InChI is InChI=1S/C17H27NO/c1-2-14-9-7-8-12-16(14)17(13-19)18-15-10-5-3-4-6-11-15/h7-9,12,15,17-19H,2-6,10-11,13H2,1H3. The predicted molar refractivity (Wildman–Crippen MR) is 80.3 cm³/mol. The first-order valence-corrected chi connectivity index (χ1v) is 7.80. The Morgan fingerprint density at radius 2 is 1.84 bits per heavy atom. The predicted octanol–water partition coefficient (Wildman–Crippen LogP) is 3.59. The molecule has 1 aliphatic carbocycles. The summed E-state index contributed by atoms with van der Waals surface area (Å²) < 4.78 is 0. The largest absolute Gasteiger partial charge is 0.394 e. The molecule has 106 valence electrons. The summed E-state index contributed by atoms with van der Waals surface area (Å²) >= 11 is 0. The van der Waals surface area contributed by atoms with Gasteiger partial charge in [0.2, 0.25) is 0 Å². The molecule has 0 radical (unpaired) electrons. The third-order valence-electron chi connectivity index (χ3n) is 4.29. The third kappa shape index (κ3) is 4.05. The molecule has 0 amide bonds. The normalized spacial score (nSPS) is 19.1. The van der Waals surface area contributed by atoms with Gasteiger partial charge in [-0.15, -0.1) is 0 Å². The van der Waals surface area contributed by atoms with E-state index in [4.69, 9.17) is 0 Å². The fourth-order valence-electron chi connectivity index (χ4n) is 3.17. The van der Waals surface area contributed by atoms with Gasteiger partial charge in [-0.3, -0.25) is 0 Å². The average molecular weight is 261 g/mol. The number of aliphatic hydroxyl groups is 1. The van der Waals surface area contributed by atoms with Crippen LogP contribution in [-0.4, -0.2) is 17.8 Å². The monoisotopic (exact) mass is 261 g/mol. The van der Waals surface area contributed by atoms with Crippen molar-refractivity contribution in [3.05, 3.63) is 35.4 Å². The summed E-state index contributed by atoms with van der Waals surface area (Å²) in [4.78, 5) is 0. The molecule has 0 heterocycles. The molecule has 1 aromatic rings. The molecule has 2 N–H and O–H groups in total. The third-order valence-corrected chi connectivity index (χ3v) is 4.29. The highest BCUT2D eigenvalue weighted by molar-refractivity contribution is 5.30. The highest BCUT2D eigenvalue weighted by Gasteiger charge is 2.19. The number of rotatable bonds is 5. The maximum atomic E-state index is 9.74. The smallest absolute Gasteiger partial charge is 0.0626 e. The van der Waals surface area contributed by atoms with Crippen molar-refractivity contribution in [2.24, 2.45) is 0 Å². The van der Waals surface area contributed by atoms with Gasteiger partial charge in [-0.05, 0) is 30.4 Å². The molecule has 2 nitrogen and oxygen atoms in total. The van der Waals surface area contributed by atoms with Crippen LogP contribution in [0.25, 0.3) is 0 Å². The topological polar surface area (TPSA) is 32.3 Å². The first-order valence-electron chi connectivity index (χ1n) is 7.80. The fourth-order valence-corrected chi connectivity index (χ4v) is 3.17. The first-order chi connectivity index (χ1) is 9.35. The molecule has 0 saturated heterocycles. The van der Waals surface area contributed by atoms with Crippen LogP contribution in [0.3, 0.4) is 0 Å². The summed E-state index contributed by atoms with van der Waals surface area (Å²) in [6.07, 6.45) is 8.92. The van der Waals surface area contributed by atoms with Crippen molar-refractivity contribution in [1.82, 2.24) is 5.32 Å². The van der Waals surface area contributed by atoms with Crippen molar-refractivity contribution in [1.29, 1.82) is 0 Å². The number of benzene rings is 1. The second-order valence-corrected chi connectivity index (χ2v) is 5.64. The quantitative estimate of drug-likeness (QED) is 0.794. The minimum absolute atomic E-state index is 0.0965. The highest BCUT2D eigenvalue weighted by Crippen LogP contribution is 2.23. The van der Waals surface area contributed by atoms with Crippen molar-refractivity contribution in [3.63, 3.8) is 0 Å². The molecule has 2 heteroatoms. The summed E-state index contributed by atoms with van der Waals surface area (Å²) in [7, 11) is 0. The van der Waals surface area contributed by atoms with Gasteiger partial charge in [0.05, 0.1) is 12.6 Å². The Hall–Kier alpha value is -0.860. The number of hydrogen-bond donors (Lipinski definition) is 2. The lowest BCUT2D eigenvalue weighted by atomic mass is 9.97. The summed E-state index contributed by atoms with van der Waals surface area (Å²) in [5.74, 6) is 0. The molecule has 1 fully saturated rings. The van der Waals surface area contributed by atoms with Crippen LogP contribution in [-0.2, 0) is 6.42 Å². The SMILES string of the molecule is CCc1ccccc1C(CO)NC1CCCCCC1.